The van der Waals surface area contributed by atoms with Crippen LogP contribution in [0.5, 0.6) is 0 Å². The molecule has 102 valence electrons. The Morgan fingerprint density at radius 3 is 2.72 bits per heavy atom. The van der Waals surface area contributed by atoms with Crippen LogP contribution >= 0.6 is 0 Å². The Morgan fingerprint density at radius 2 is 2.06 bits per heavy atom. The molecule has 0 aromatic heterocycles. The average molecular weight is 253 g/mol. The number of piperidine rings is 1. The van der Waals surface area contributed by atoms with Gasteiger partial charge in [-0.05, 0) is 25.2 Å². The number of nitrogens with two attached hydrogens (primary N) is 1. The second-order valence-electron chi connectivity index (χ2n) is 5.73. The van der Waals surface area contributed by atoms with Crippen LogP contribution in [0.4, 0.5) is 0 Å². The van der Waals surface area contributed by atoms with Crippen LogP contribution < -0.4 is 5.73 Å². The van der Waals surface area contributed by atoms with E-state index in [1.807, 2.05) is 13.8 Å². The first-order valence-corrected chi connectivity index (χ1v) is 6.84. The largest absolute Gasteiger partial charge is 0.330 e. The van der Waals surface area contributed by atoms with Gasteiger partial charge in [0.1, 0.15) is 6.04 Å². The van der Waals surface area contributed by atoms with E-state index in [0.717, 1.165) is 25.8 Å². The van der Waals surface area contributed by atoms with Crippen molar-refractivity contribution in [3.8, 4) is 0 Å². The second-order valence-corrected chi connectivity index (χ2v) is 5.73. The molecule has 2 rings (SSSR count). The average Bonchev–Trinajstić information content (AvgIpc) is 2.35. The monoisotopic (exact) mass is 253 g/mol. The van der Waals surface area contributed by atoms with Crippen LogP contribution in [0.3, 0.4) is 0 Å². The van der Waals surface area contributed by atoms with Gasteiger partial charge in [-0.3, -0.25) is 9.59 Å². The number of rotatable bonds is 3. The molecule has 0 spiro atoms. The van der Waals surface area contributed by atoms with Gasteiger partial charge >= 0.3 is 0 Å². The normalized spacial score (nSPS) is 26.6. The predicted octanol–water partition coefficient (Wildman–Crippen LogP) is 0.193. The van der Waals surface area contributed by atoms with Crippen LogP contribution in [0.15, 0.2) is 0 Å². The van der Waals surface area contributed by atoms with Crippen LogP contribution in [-0.2, 0) is 9.59 Å². The van der Waals surface area contributed by atoms with Gasteiger partial charge < -0.3 is 15.5 Å². The molecule has 2 aliphatic rings. The Bertz CT molecular complexity index is 343. The lowest BCUT2D eigenvalue weighted by Crippen LogP contribution is -2.62. The summed E-state index contributed by atoms with van der Waals surface area (Å²) in [4.78, 5) is 27.8. The molecular formula is C13H23N3O2. The third-order valence-electron chi connectivity index (χ3n) is 4.03. The van der Waals surface area contributed by atoms with E-state index in [0.29, 0.717) is 12.5 Å². The number of nitrogens with zero attached hydrogens (tertiary/aromatic N) is 2. The summed E-state index contributed by atoms with van der Waals surface area (Å²) in [6, 6.07) is -0.281. The van der Waals surface area contributed by atoms with Crippen LogP contribution in [0.2, 0.25) is 0 Å². The number of hydrogen-bond acceptors (Lipinski definition) is 3. The number of carbonyl (C=O) groups excluding carboxylic acids is 2. The zero-order valence-electron chi connectivity index (χ0n) is 11.3. The summed E-state index contributed by atoms with van der Waals surface area (Å²) in [7, 11) is 0. The summed E-state index contributed by atoms with van der Waals surface area (Å²) < 4.78 is 0. The first-order chi connectivity index (χ1) is 8.50. The van der Waals surface area contributed by atoms with E-state index in [-0.39, 0.29) is 30.4 Å². The summed E-state index contributed by atoms with van der Waals surface area (Å²) in [5, 5.41) is 0. The van der Waals surface area contributed by atoms with Crippen LogP contribution in [0.25, 0.3) is 0 Å². The molecule has 2 aliphatic heterocycles. The molecule has 2 N–H and O–H groups in total. The minimum Gasteiger partial charge on any atom is -0.330 e. The van der Waals surface area contributed by atoms with Crippen LogP contribution in [-0.4, -0.2) is 53.3 Å². The summed E-state index contributed by atoms with van der Waals surface area (Å²) in [6.07, 6.45) is 2.85. The van der Waals surface area contributed by atoms with E-state index in [9.17, 15) is 9.59 Å². The fourth-order valence-corrected chi connectivity index (χ4v) is 2.65. The standard InChI is InChI=1S/C13H23N3O2/c1-9(2)10(14)7-15-8-12(17)16-6-4-3-5-11(16)13(15)18/h9-11H,3-8,14H2,1-2H3. The smallest absolute Gasteiger partial charge is 0.245 e. The van der Waals surface area contributed by atoms with Gasteiger partial charge in [-0.25, -0.2) is 0 Å². The van der Waals surface area contributed by atoms with Crippen molar-refractivity contribution in [2.24, 2.45) is 11.7 Å². The molecule has 18 heavy (non-hydrogen) atoms. The molecule has 0 radical (unpaired) electrons. The van der Waals surface area contributed by atoms with Crippen molar-refractivity contribution in [2.45, 2.75) is 45.2 Å². The molecule has 2 atom stereocenters. The molecule has 5 heteroatoms. The van der Waals surface area contributed by atoms with E-state index >= 15 is 0 Å². The summed E-state index contributed by atoms with van der Waals surface area (Å²) in [5.41, 5.74) is 6.00. The van der Waals surface area contributed by atoms with Gasteiger partial charge in [0.2, 0.25) is 11.8 Å². The first kappa shape index (κ1) is 13.3. The molecule has 2 fully saturated rings. The molecule has 0 bridgehead atoms. The Morgan fingerprint density at radius 1 is 1.33 bits per heavy atom. The van der Waals surface area contributed by atoms with E-state index in [1.54, 1.807) is 9.80 Å². The van der Waals surface area contributed by atoms with Gasteiger partial charge in [-0.15, -0.1) is 0 Å². The van der Waals surface area contributed by atoms with Gasteiger partial charge in [0.05, 0.1) is 6.54 Å². The fraction of sp³-hybridized carbons (Fsp3) is 0.846. The van der Waals surface area contributed by atoms with Crippen molar-refractivity contribution in [2.75, 3.05) is 19.6 Å². The van der Waals surface area contributed by atoms with Gasteiger partial charge in [-0.2, -0.15) is 0 Å². The van der Waals surface area contributed by atoms with E-state index < -0.39 is 0 Å². The molecule has 5 nitrogen and oxygen atoms in total. The molecule has 2 amide bonds. The Kier molecular flexibility index (Phi) is 3.90. The summed E-state index contributed by atoms with van der Waals surface area (Å²) >= 11 is 0. The van der Waals surface area contributed by atoms with Crippen molar-refractivity contribution in [3.63, 3.8) is 0 Å². The third-order valence-corrected chi connectivity index (χ3v) is 4.03. The van der Waals surface area contributed by atoms with E-state index in [4.69, 9.17) is 5.73 Å². The number of hydrogen-bond donors (Lipinski definition) is 1. The maximum atomic E-state index is 12.3. The molecule has 2 heterocycles. The maximum Gasteiger partial charge on any atom is 0.245 e. The lowest BCUT2D eigenvalue weighted by atomic mass is 9.97. The van der Waals surface area contributed by atoms with Crippen molar-refractivity contribution in [1.82, 2.24) is 9.80 Å². The number of carbonyl (C=O) groups is 2. The minimum absolute atomic E-state index is 0.0584. The topological polar surface area (TPSA) is 66.6 Å². The number of fused-ring (bicyclic) bond motifs is 1. The van der Waals surface area contributed by atoms with Gasteiger partial charge in [0.25, 0.3) is 0 Å². The zero-order valence-corrected chi connectivity index (χ0v) is 11.3. The van der Waals surface area contributed by atoms with Crippen LogP contribution in [0, 0.1) is 5.92 Å². The van der Waals surface area contributed by atoms with Crippen LogP contribution in [0.1, 0.15) is 33.1 Å². The summed E-state index contributed by atoms with van der Waals surface area (Å²) in [6.45, 7) is 5.50. The van der Waals surface area contributed by atoms with Crippen molar-refractivity contribution in [1.29, 1.82) is 0 Å². The van der Waals surface area contributed by atoms with Crippen molar-refractivity contribution < 1.29 is 9.59 Å². The Balaban J connectivity index is 2.05. The highest BCUT2D eigenvalue weighted by Crippen LogP contribution is 2.23. The highest BCUT2D eigenvalue weighted by Gasteiger charge is 2.40. The van der Waals surface area contributed by atoms with E-state index in [1.165, 1.54) is 0 Å². The lowest BCUT2D eigenvalue weighted by Gasteiger charge is -2.43. The molecule has 0 aromatic carbocycles. The van der Waals surface area contributed by atoms with Gasteiger partial charge in [-0.1, -0.05) is 13.8 Å². The van der Waals surface area contributed by atoms with Gasteiger partial charge in [0, 0.05) is 19.1 Å². The molecule has 2 unspecified atom stereocenters. The highest BCUT2D eigenvalue weighted by atomic mass is 16.2. The molecule has 2 saturated heterocycles. The fourth-order valence-electron chi connectivity index (χ4n) is 2.65. The molecular weight excluding hydrogens is 230 g/mol. The minimum atomic E-state index is -0.223. The van der Waals surface area contributed by atoms with E-state index in [2.05, 4.69) is 0 Å². The Labute approximate surface area is 108 Å². The lowest BCUT2D eigenvalue weighted by molar-refractivity contribution is -0.158. The second kappa shape index (κ2) is 5.26. The number of piperazine rings is 1. The zero-order chi connectivity index (χ0) is 13.3. The molecule has 0 aromatic rings. The summed E-state index contributed by atoms with van der Waals surface area (Å²) in [5.74, 6) is 0.484. The predicted molar refractivity (Wildman–Crippen MR) is 68.7 cm³/mol. The quantitative estimate of drug-likeness (QED) is 0.781. The van der Waals surface area contributed by atoms with Gasteiger partial charge in [0.15, 0.2) is 0 Å². The molecule has 0 aliphatic carbocycles. The highest BCUT2D eigenvalue weighted by molar-refractivity contribution is 5.95. The third kappa shape index (κ3) is 2.51. The Hall–Kier alpha value is -1.10. The first-order valence-electron chi connectivity index (χ1n) is 6.84. The SMILES string of the molecule is CC(C)C(N)CN1CC(=O)N2CCCCC2C1=O. The van der Waals surface area contributed by atoms with Crippen molar-refractivity contribution in [3.05, 3.63) is 0 Å². The number of amides is 2. The molecule has 0 saturated carbocycles. The van der Waals surface area contributed by atoms with Crippen molar-refractivity contribution >= 4 is 11.8 Å². The maximum absolute atomic E-state index is 12.3.